The van der Waals surface area contributed by atoms with E-state index in [4.69, 9.17) is 0 Å². The maximum atomic E-state index is 3.62. The zero-order chi connectivity index (χ0) is 9.10. The van der Waals surface area contributed by atoms with E-state index >= 15 is 0 Å². The first-order chi connectivity index (χ1) is 6.36. The Morgan fingerprint density at radius 2 is 2.23 bits per heavy atom. The molecule has 3 heteroatoms. The van der Waals surface area contributed by atoms with Crippen LogP contribution in [-0.4, -0.2) is 50.7 Å². The van der Waals surface area contributed by atoms with Gasteiger partial charge in [-0.1, -0.05) is 0 Å². The van der Waals surface area contributed by atoms with E-state index in [1.54, 1.807) is 0 Å². The number of likely N-dealkylation sites (tertiary alicyclic amines) is 1. The first-order valence-electron chi connectivity index (χ1n) is 5.49. The lowest BCUT2D eigenvalue weighted by atomic mass is 9.90. The van der Waals surface area contributed by atoms with Crippen LogP contribution in [0.4, 0.5) is 0 Å². The van der Waals surface area contributed by atoms with E-state index in [1.807, 2.05) is 0 Å². The molecule has 3 nitrogen and oxygen atoms in total. The first-order valence-corrected chi connectivity index (χ1v) is 5.49. The molecule has 2 aliphatic rings. The highest BCUT2D eigenvalue weighted by Crippen LogP contribution is 2.18. The van der Waals surface area contributed by atoms with Gasteiger partial charge >= 0.3 is 0 Å². The summed E-state index contributed by atoms with van der Waals surface area (Å²) < 4.78 is 0. The van der Waals surface area contributed by atoms with E-state index in [2.05, 4.69) is 22.6 Å². The molecule has 13 heavy (non-hydrogen) atoms. The summed E-state index contributed by atoms with van der Waals surface area (Å²) in [6.07, 6.45) is 2.78. The number of nitrogens with zero attached hydrogens (tertiary/aromatic N) is 1. The SMILES string of the molecule is CN1CCCC(C2CNCCN2)C1. The van der Waals surface area contributed by atoms with Gasteiger partial charge in [0.1, 0.15) is 0 Å². The number of piperazine rings is 1. The third-order valence-electron chi connectivity index (χ3n) is 3.30. The molecule has 0 aliphatic carbocycles. The third kappa shape index (κ3) is 2.42. The molecule has 0 spiro atoms. The van der Waals surface area contributed by atoms with E-state index in [-0.39, 0.29) is 0 Å². The second kappa shape index (κ2) is 4.40. The van der Waals surface area contributed by atoms with Gasteiger partial charge in [-0.3, -0.25) is 0 Å². The van der Waals surface area contributed by atoms with Crippen molar-refractivity contribution in [2.45, 2.75) is 18.9 Å². The lowest BCUT2D eigenvalue weighted by molar-refractivity contribution is 0.164. The van der Waals surface area contributed by atoms with Gasteiger partial charge in [0.05, 0.1) is 0 Å². The molecule has 0 amide bonds. The molecule has 0 saturated carbocycles. The lowest BCUT2D eigenvalue weighted by Gasteiger charge is -2.37. The van der Waals surface area contributed by atoms with Crippen LogP contribution < -0.4 is 10.6 Å². The average molecular weight is 183 g/mol. The molecule has 2 unspecified atom stereocenters. The van der Waals surface area contributed by atoms with Crippen LogP contribution >= 0.6 is 0 Å². The topological polar surface area (TPSA) is 27.3 Å². The Balaban J connectivity index is 1.83. The van der Waals surface area contributed by atoms with Crippen molar-refractivity contribution in [3.05, 3.63) is 0 Å². The van der Waals surface area contributed by atoms with Crippen molar-refractivity contribution >= 4 is 0 Å². The highest BCUT2D eigenvalue weighted by molar-refractivity contribution is 4.85. The fourth-order valence-corrected chi connectivity index (χ4v) is 2.54. The molecule has 0 aromatic carbocycles. The molecular formula is C10H21N3. The zero-order valence-electron chi connectivity index (χ0n) is 8.55. The second-order valence-electron chi connectivity index (χ2n) is 4.43. The molecular weight excluding hydrogens is 162 g/mol. The maximum absolute atomic E-state index is 3.62. The summed E-state index contributed by atoms with van der Waals surface area (Å²) >= 11 is 0. The Morgan fingerprint density at radius 3 is 2.92 bits per heavy atom. The Labute approximate surface area is 80.9 Å². The van der Waals surface area contributed by atoms with Gasteiger partial charge in [0, 0.05) is 32.2 Å². The second-order valence-corrected chi connectivity index (χ2v) is 4.43. The van der Waals surface area contributed by atoms with E-state index in [9.17, 15) is 0 Å². The van der Waals surface area contributed by atoms with Crippen molar-refractivity contribution < 1.29 is 0 Å². The highest BCUT2D eigenvalue weighted by Gasteiger charge is 2.26. The van der Waals surface area contributed by atoms with Crippen LogP contribution in [0.15, 0.2) is 0 Å². The molecule has 0 aromatic rings. The van der Waals surface area contributed by atoms with Crippen LogP contribution in [-0.2, 0) is 0 Å². The third-order valence-corrected chi connectivity index (χ3v) is 3.30. The largest absolute Gasteiger partial charge is 0.314 e. The minimum Gasteiger partial charge on any atom is -0.314 e. The Bertz CT molecular complexity index is 154. The Morgan fingerprint density at radius 1 is 1.31 bits per heavy atom. The molecule has 76 valence electrons. The smallest absolute Gasteiger partial charge is 0.0233 e. The first kappa shape index (κ1) is 9.44. The van der Waals surface area contributed by atoms with Gasteiger partial charge < -0.3 is 15.5 Å². The van der Waals surface area contributed by atoms with Gasteiger partial charge in [-0.25, -0.2) is 0 Å². The van der Waals surface area contributed by atoms with Crippen molar-refractivity contribution in [3.8, 4) is 0 Å². The normalized spacial score (nSPS) is 37.6. The van der Waals surface area contributed by atoms with Crippen LogP contribution in [0.1, 0.15) is 12.8 Å². The predicted octanol–water partition coefficient (Wildman–Crippen LogP) is -0.110. The minimum atomic E-state index is 0.719. The van der Waals surface area contributed by atoms with Crippen LogP contribution in [0.3, 0.4) is 0 Å². The van der Waals surface area contributed by atoms with Gasteiger partial charge in [-0.05, 0) is 32.4 Å². The monoisotopic (exact) mass is 183 g/mol. The van der Waals surface area contributed by atoms with Gasteiger partial charge in [0.15, 0.2) is 0 Å². The van der Waals surface area contributed by atoms with E-state index < -0.39 is 0 Å². The van der Waals surface area contributed by atoms with Crippen LogP contribution in [0, 0.1) is 5.92 Å². The summed E-state index contributed by atoms with van der Waals surface area (Å²) in [5.74, 6) is 0.867. The molecule has 2 heterocycles. The van der Waals surface area contributed by atoms with E-state index in [1.165, 1.54) is 32.5 Å². The summed E-state index contributed by atoms with van der Waals surface area (Å²) in [7, 11) is 2.24. The molecule has 2 rings (SSSR count). The van der Waals surface area contributed by atoms with Gasteiger partial charge in [0.25, 0.3) is 0 Å². The number of nitrogens with one attached hydrogen (secondary N) is 2. The number of hydrogen-bond donors (Lipinski definition) is 2. The highest BCUT2D eigenvalue weighted by atomic mass is 15.1. The van der Waals surface area contributed by atoms with Crippen molar-refractivity contribution in [2.24, 2.45) is 5.92 Å². The van der Waals surface area contributed by atoms with Crippen LogP contribution in [0.25, 0.3) is 0 Å². The summed E-state index contributed by atoms with van der Waals surface area (Å²) in [5.41, 5.74) is 0. The van der Waals surface area contributed by atoms with Crippen molar-refractivity contribution in [3.63, 3.8) is 0 Å². The Kier molecular flexibility index (Phi) is 3.19. The summed E-state index contributed by atoms with van der Waals surface area (Å²) in [6.45, 7) is 6.01. The zero-order valence-corrected chi connectivity index (χ0v) is 8.55. The lowest BCUT2D eigenvalue weighted by Crippen LogP contribution is -2.54. The average Bonchev–Trinajstić information content (AvgIpc) is 2.19. The van der Waals surface area contributed by atoms with Gasteiger partial charge in [-0.15, -0.1) is 0 Å². The van der Waals surface area contributed by atoms with E-state index in [0.717, 1.165) is 25.0 Å². The number of hydrogen-bond acceptors (Lipinski definition) is 3. The molecule has 0 aromatic heterocycles. The fourth-order valence-electron chi connectivity index (χ4n) is 2.54. The molecule has 0 radical (unpaired) electrons. The molecule has 2 atom stereocenters. The van der Waals surface area contributed by atoms with Crippen molar-refractivity contribution in [2.75, 3.05) is 39.8 Å². The summed E-state index contributed by atoms with van der Waals surface area (Å²) in [5, 5.41) is 7.09. The summed E-state index contributed by atoms with van der Waals surface area (Å²) in [6, 6.07) is 0.719. The Hall–Kier alpha value is -0.120. The molecule has 2 N–H and O–H groups in total. The minimum absolute atomic E-state index is 0.719. The van der Waals surface area contributed by atoms with E-state index in [0.29, 0.717) is 0 Å². The molecule has 2 fully saturated rings. The predicted molar refractivity (Wildman–Crippen MR) is 54.9 cm³/mol. The molecule has 0 bridgehead atoms. The summed E-state index contributed by atoms with van der Waals surface area (Å²) in [4.78, 5) is 2.46. The fraction of sp³-hybridized carbons (Fsp3) is 1.00. The van der Waals surface area contributed by atoms with Gasteiger partial charge in [0.2, 0.25) is 0 Å². The maximum Gasteiger partial charge on any atom is 0.0233 e. The standard InChI is InChI=1S/C10H21N3/c1-13-6-2-3-9(8-13)10-7-11-4-5-12-10/h9-12H,2-8H2,1H3. The molecule has 2 aliphatic heterocycles. The van der Waals surface area contributed by atoms with Crippen molar-refractivity contribution in [1.29, 1.82) is 0 Å². The molecule has 2 saturated heterocycles. The quantitative estimate of drug-likeness (QED) is 0.594. The number of rotatable bonds is 1. The van der Waals surface area contributed by atoms with Crippen molar-refractivity contribution in [1.82, 2.24) is 15.5 Å². The van der Waals surface area contributed by atoms with Crippen LogP contribution in [0.5, 0.6) is 0 Å². The van der Waals surface area contributed by atoms with Crippen LogP contribution in [0.2, 0.25) is 0 Å². The number of piperidine rings is 1. The van der Waals surface area contributed by atoms with Gasteiger partial charge in [-0.2, -0.15) is 0 Å².